The first-order valence-corrected chi connectivity index (χ1v) is 7.73. The van der Waals surface area contributed by atoms with Crippen molar-refractivity contribution in [3.63, 3.8) is 0 Å². The van der Waals surface area contributed by atoms with E-state index >= 15 is 0 Å². The zero-order chi connectivity index (χ0) is 13.8. The SMILES string of the molecule is Cc1ccc(SC2CCCC(C)C2)c(/C(N)=N/O)c1. The Hall–Kier alpha value is -1.16. The number of amidine groups is 1. The van der Waals surface area contributed by atoms with Gasteiger partial charge in [-0.1, -0.05) is 36.6 Å². The molecule has 1 aliphatic rings. The molecule has 1 fully saturated rings. The van der Waals surface area contributed by atoms with Crippen LogP contribution in [0.3, 0.4) is 0 Å². The molecule has 0 aromatic heterocycles. The number of hydrogen-bond donors (Lipinski definition) is 2. The first kappa shape index (κ1) is 14.3. The lowest BCUT2D eigenvalue weighted by Gasteiger charge is -2.26. The average Bonchev–Trinajstić information content (AvgIpc) is 2.40. The van der Waals surface area contributed by atoms with Crippen LogP contribution >= 0.6 is 11.8 Å². The van der Waals surface area contributed by atoms with E-state index in [0.717, 1.165) is 21.9 Å². The molecule has 1 aromatic carbocycles. The fraction of sp³-hybridized carbons (Fsp3) is 0.533. The Kier molecular flexibility index (Phi) is 4.75. The molecule has 0 spiro atoms. The first-order valence-electron chi connectivity index (χ1n) is 6.85. The maximum atomic E-state index is 8.91. The highest BCUT2D eigenvalue weighted by atomic mass is 32.2. The van der Waals surface area contributed by atoms with Crippen LogP contribution in [-0.2, 0) is 0 Å². The van der Waals surface area contributed by atoms with Gasteiger partial charge in [0.25, 0.3) is 0 Å². The number of thioether (sulfide) groups is 1. The topological polar surface area (TPSA) is 58.6 Å². The molecule has 19 heavy (non-hydrogen) atoms. The summed E-state index contributed by atoms with van der Waals surface area (Å²) in [6.45, 7) is 4.34. The summed E-state index contributed by atoms with van der Waals surface area (Å²) in [5.74, 6) is 1.01. The van der Waals surface area contributed by atoms with Gasteiger partial charge in [-0.05, 0) is 37.8 Å². The molecule has 0 aliphatic heterocycles. The van der Waals surface area contributed by atoms with Crippen LogP contribution < -0.4 is 5.73 Å². The Labute approximate surface area is 119 Å². The summed E-state index contributed by atoms with van der Waals surface area (Å²) in [6.07, 6.45) is 5.17. The molecule has 1 aliphatic carbocycles. The van der Waals surface area contributed by atoms with Crippen molar-refractivity contribution >= 4 is 17.6 Å². The van der Waals surface area contributed by atoms with E-state index < -0.39 is 0 Å². The van der Waals surface area contributed by atoms with Crippen LogP contribution in [0.4, 0.5) is 0 Å². The molecule has 0 bridgehead atoms. The van der Waals surface area contributed by atoms with Crippen LogP contribution in [0, 0.1) is 12.8 Å². The van der Waals surface area contributed by atoms with Crippen molar-refractivity contribution in [3.05, 3.63) is 29.3 Å². The fourth-order valence-electron chi connectivity index (χ4n) is 2.67. The second kappa shape index (κ2) is 6.33. The molecule has 104 valence electrons. The number of aryl methyl sites for hydroxylation is 1. The molecule has 4 heteroatoms. The predicted molar refractivity (Wildman–Crippen MR) is 81.0 cm³/mol. The molecule has 3 N–H and O–H groups in total. The number of oxime groups is 1. The largest absolute Gasteiger partial charge is 0.409 e. The average molecular weight is 278 g/mol. The minimum Gasteiger partial charge on any atom is -0.409 e. The lowest BCUT2D eigenvalue weighted by molar-refractivity contribution is 0.318. The molecule has 2 rings (SSSR count). The molecule has 0 radical (unpaired) electrons. The predicted octanol–water partition coefficient (Wildman–Crippen LogP) is 3.76. The van der Waals surface area contributed by atoms with Gasteiger partial charge >= 0.3 is 0 Å². The van der Waals surface area contributed by atoms with Gasteiger partial charge in [0.1, 0.15) is 0 Å². The Morgan fingerprint density at radius 3 is 2.89 bits per heavy atom. The molecule has 1 aromatic rings. The second-order valence-electron chi connectivity index (χ2n) is 5.50. The quantitative estimate of drug-likeness (QED) is 0.383. The number of benzene rings is 1. The summed E-state index contributed by atoms with van der Waals surface area (Å²) < 4.78 is 0. The minimum absolute atomic E-state index is 0.204. The lowest BCUT2D eigenvalue weighted by Crippen LogP contribution is -2.18. The van der Waals surface area contributed by atoms with Crippen LogP contribution in [0.5, 0.6) is 0 Å². The Bertz CT molecular complexity index is 473. The van der Waals surface area contributed by atoms with Gasteiger partial charge in [-0.2, -0.15) is 0 Å². The summed E-state index contributed by atoms with van der Waals surface area (Å²) in [5.41, 5.74) is 7.76. The van der Waals surface area contributed by atoms with Gasteiger partial charge in [0.15, 0.2) is 5.84 Å². The van der Waals surface area contributed by atoms with Crippen molar-refractivity contribution < 1.29 is 5.21 Å². The van der Waals surface area contributed by atoms with Crippen LogP contribution in [0.2, 0.25) is 0 Å². The smallest absolute Gasteiger partial charge is 0.171 e. The van der Waals surface area contributed by atoms with Crippen LogP contribution in [0.1, 0.15) is 43.7 Å². The van der Waals surface area contributed by atoms with Gasteiger partial charge in [0.2, 0.25) is 0 Å². The van der Waals surface area contributed by atoms with Crippen molar-refractivity contribution in [2.75, 3.05) is 0 Å². The summed E-state index contributed by atoms with van der Waals surface area (Å²) in [5, 5.41) is 12.7. The highest BCUT2D eigenvalue weighted by Crippen LogP contribution is 2.37. The van der Waals surface area contributed by atoms with Gasteiger partial charge in [-0.3, -0.25) is 0 Å². The third-order valence-electron chi connectivity index (χ3n) is 3.70. The monoisotopic (exact) mass is 278 g/mol. The molecular weight excluding hydrogens is 256 g/mol. The van der Waals surface area contributed by atoms with Crippen molar-refractivity contribution in [3.8, 4) is 0 Å². The van der Waals surface area contributed by atoms with Crippen LogP contribution in [0.15, 0.2) is 28.3 Å². The Balaban J connectivity index is 2.19. The van der Waals surface area contributed by atoms with Gasteiger partial charge in [0.05, 0.1) is 0 Å². The zero-order valence-corrected chi connectivity index (χ0v) is 12.4. The highest BCUT2D eigenvalue weighted by Gasteiger charge is 2.21. The summed E-state index contributed by atoms with van der Waals surface area (Å²) in [4.78, 5) is 1.13. The van der Waals surface area contributed by atoms with E-state index in [1.807, 2.05) is 24.8 Å². The Morgan fingerprint density at radius 2 is 2.21 bits per heavy atom. The van der Waals surface area contributed by atoms with E-state index in [-0.39, 0.29) is 5.84 Å². The maximum Gasteiger partial charge on any atom is 0.171 e. The molecule has 2 atom stereocenters. The van der Waals surface area contributed by atoms with Gasteiger partial charge in [0, 0.05) is 15.7 Å². The van der Waals surface area contributed by atoms with E-state index in [4.69, 9.17) is 10.9 Å². The zero-order valence-electron chi connectivity index (χ0n) is 11.6. The van der Waals surface area contributed by atoms with Crippen molar-refractivity contribution in [2.45, 2.75) is 49.7 Å². The molecule has 0 amide bonds. The number of nitrogens with zero attached hydrogens (tertiary/aromatic N) is 1. The molecule has 0 saturated heterocycles. The van der Waals surface area contributed by atoms with Gasteiger partial charge < -0.3 is 10.9 Å². The minimum atomic E-state index is 0.204. The number of rotatable bonds is 3. The van der Waals surface area contributed by atoms with Gasteiger partial charge in [-0.25, -0.2) is 0 Å². The maximum absolute atomic E-state index is 8.91. The summed E-state index contributed by atoms with van der Waals surface area (Å²) >= 11 is 1.88. The number of hydrogen-bond acceptors (Lipinski definition) is 3. The van der Waals surface area contributed by atoms with Gasteiger partial charge in [-0.15, -0.1) is 11.8 Å². The van der Waals surface area contributed by atoms with Crippen molar-refractivity contribution in [1.82, 2.24) is 0 Å². The molecule has 0 heterocycles. The third kappa shape index (κ3) is 3.66. The van der Waals surface area contributed by atoms with Crippen LogP contribution in [-0.4, -0.2) is 16.3 Å². The first-order chi connectivity index (χ1) is 9.10. The highest BCUT2D eigenvalue weighted by molar-refractivity contribution is 8.00. The normalized spacial score (nSPS) is 24.4. The molecular formula is C15H22N2OS. The third-order valence-corrected chi connectivity index (χ3v) is 5.07. The van der Waals surface area contributed by atoms with E-state index in [9.17, 15) is 0 Å². The van der Waals surface area contributed by atoms with Crippen molar-refractivity contribution in [2.24, 2.45) is 16.8 Å². The molecule has 2 unspecified atom stereocenters. The summed E-state index contributed by atoms with van der Waals surface area (Å²) in [6, 6.07) is 6.17. The van der Waals surface area contributed by atoms with E-state index in [0.29, 0.717) is 5.25 Å². The fourth-order valence-corrected chi connectivity index (χ4v) is 4.17. The Morgan fingerprint density at radius 1 is 1.42 bits per heavy atom. The standard InChI is InChI=1S/C15H22N2OS/c1-10-4-3-5-12(8-10)19-14-7-6-11(2)9-13(14)15(16)17-18/h6-7,9-10,12,18H,3-5,8H2,1-2H3,(H2,16,17). The second-order valence-corrected chi connectivity index (χ2v) is 6.84. The van der Waals surface area contributed by atoms with Crippen LogP contribution in [0.25, 0.3) is 0 Å². The van der Waals surface area contributed by atoms with E-state index in [2.05, 4.69) is 24.2 Å². The van der Waals surface area contributed by atoms with E-state index in [1.165, 1.54) is 25.7 Å². The number of nitrogens with two attached hydrogens (primary N) is 1. The summed E-state index contributed by atoms with van der Waals surface area (Å²) in [7, 11) is 0. The molecule has 3 nitrogen and oxygen atoms in total. The molecule has 1 saturated carbocycles. The van der Waals surface area contributed by atoms with E-state index in [1.54, 1.807) is 0 Å². The lowest BCUT2D eigenvalue weighted by atomic mass is 9.91. The van der Waals surface area contributed by atoms with Crippen molar-refractivity contribution in [1.29, 1.82) is 0 Å².